The molecule has 1 N–H and O–H groups in total. The molecule has 2 amide bonds. The number of carbonyl (C=O) groups is 1. The number of rotatable bonds is 5. The summed E-state index contributed by atoms with van der Waals surface area (Å²) >= 11 is 0. The summed E-state index contributed by atoms with van der Waals surface area (Å²) < 4.78 is 2.39. The van der Waals surface area contributed by atoms with E-state index in [2.05, 4.69) is 93.9 Å². The third-order valence-electron chi connectivity index (χ3n) is 7.17. The van der Waals surface area contributed by atoms with Crippen LogP contribution >= 0.6 is 0 Å². The van der Waals surface area contributed by atoms with Crippen LogP contribution in [0.2, 0.25) is 0 Å². The summed E-state index contributed by atoms with van der Waals surface area (Å²) in [5.41, 5.74) is 6.79. The lowest BCUT2D eigenvalue weighted by molar-refractivity contribution is 0.201. The first-order valence-corrected chi connectivity index (χ1v) is 11.8. The maximum absolute atomic E-state index is 13.3. The van der Waals surface area contributed by atoms with Crippen molar-refractivity contribution in [3.63, 3.8) is 0 Å². The number of hydrogen-bond donors (Lipinski definition) is 1. The number of amides is 2. The van der Waals surface area contributed by atoms with E-state index in [1.807, 2.05) is 30.1 Å². The molecular weight excluding hydrogens is 406 g/mol. The third-order valence-corrected chi connectivity index (χ3v) is 7.17. The monoisotopic (exact) mass is 441 g/mol. The molecule has 4 rings (SSSR count). The molecule has 0 saturated heterocycles. The summed E-state index contributed by atoms with van der Waals surface area (Å²) in [6.45, 7) is 12.9. The smallest absolute Gasteiger partial charge is 0.321 e. The Labute approximate surface area is 197 Å². The van der Waals surface area contributed by atoms with Crippen molar-refractivity contribution in [2.24, 2.45) is 0 Å². The Morgan fingerprint density at radius 1 is 0.909 bits per heavy atom. The summed E-state index contributed by atoms with van der Waals surface area (Å²) in [4.78, 5) is 15.1. The van der Waals surface area contributed by atoms with Gasteiger partial charge in [0.1, 0.15) is 0 Å². The highest BCUT2D eigenvalue weighted by Gasteiger charge is 2.24. The molecule has 0 spiro atoms. The summed E-state index contributed by atoms with van der Waals surface area (Å²) in [7, 11) is 1.88. The van der Waals surface area contributed by atoms with Crippen molar-refractivity contribution in [2.45, 2.75) is 59.5 Å². The molecule has 4 aromatic rings. The Bertz CT molecular complexity index is 1300. The predicted molar refractivity (Wildman–Crippen MR) is 140 cm³/mol. The molecule has 2 atom stereocenters. The van der Waals surface area contributed by atoms with E-state index in [4.69, 9.17) is 0 Å². The molecule has 0 radical (unpaired) electrons. The first-order chi connectivity index (χ1) is 15.7. The minimum atomic E-state index is -0.0802. The fourth-order valence-electron chi connectivity index (χ4n) is 5.02. The second-order valence-electron chi connectivity index (χ2n) is 9.55. The van der Waals surface area contributed by atoms with Crippen molar-refractivity contribution in [3.05, 3.63) is 77.4 Å². The molecule has 1 aromatic heterocycles. The highest BCUT2D eigenvalue weighted by molar-refractivity contribution is 6.12. The normalized spacial score (nSPS) is 13.5. The van der Waals surface area contributed by atoms with Gasteiger partial charge in [0.15, 0.2) is 0 Å². The van der Waals surface area contributed by atoms with Crippen LogP contribution in [-0.2, 0) is 0 Å². The van der Waals surface area contributed by atoms with E-state index < -0.39 is 0 Å². The Balaban J connectivity index is 1.70. The van der Waals surface area contributed by atoms with Gasteiger partial charge < -0.3 is 14.8 Å². The van der Waals surface area contributed by atoms with Crippen LogP contribution in [0.1, 0.15) is 56.3 Å². The van der Waals surface area contributed by atoms with Crippen LogP contribution in [-0.4, -0.2) is 28.6 Å². The van der Waals surface area contributed by atoms with Crippen LogP contribution < -0.4 is 5.32 Å². The largest absolute Gasteiger partial charge is 0.338 e. The summed E-state index contributed by atoms with van der Waals surface area (Å²) in [5, 5.41) is 5.69. The van der Waals surface area contributed by atoms with Gasteiger partial charge in [-0.2, -0.15) is 0 Å². The number of hydrogen-bond acceptors (Lipinski definition) is 1. The molecule has 0 aliphatic carbocycles. The summed E-state index contributed by atoms with van der Waals surface area (Å²) in [5.74, 6) is 0.232. The van der Waals surface area contributed by atoms with Crippen LogP contribution in [0.4, 0.5) is 10.5 Å². The van der Waals surface area contributed by atoms with E-state index in [1.54, 1.807) is 0 Å². The minimum absolute atomic E-state index is 0.0552. The maximum Gasteiger partial charge on any atom is 0.321 e. The van der Waals surface area contributed by atoms with Crippen molar-refractivity contribution in [2.75, 3.05) is 12.4 Å². The number of benzene rings is 3. The van der Waals surface area contributed by atoms with E-state index >= 15 is 0 Å². The van der Waals surface area contributed by atoms with Gasteiger partial charge in [-0.05, 0) is 63.4 Å². The molecule has 1 heterocycles. The van der Waals surface area contributed by atoms with Crippen molar-refractivity contribution in [1.82, 2.24) is 9.47 Å². The van der Waals surface area contributed by atoms with Crippen LogP contribution in [0.5, 0.6) is 0 Å². The predicted octanol–water partition coefficient (Wildman–Crippen LogP) is 7.65. The molecule has 0 aliphatic heterocycles. The van der Waals surface area contributed by atoms with E-state index in [-0.39, 0.29) is 18.0 Å². The van der Waals surface area contributed by atoms with Gasteiger partial charge in [0, 0.05) is 47.0 Å². The molecule has 4 nitrogen and oxygen atoms in total. The van der Waals surface area contributed by atoms with Crippen LogP contribution in [0.3, 0.4) is 0 Å². The number of carbonyl (C=O) groups excluding carboxylic acids is 1. The number of urea groups is 1. The number of anilines is 1. The van der Waals surface area contributed by atoms with E-state index in [0.29, 0.717) is 6.04 Å². The van der Waals surface area contributed by atoms with Crippen LogP contribution in [0.15, 0.2) is 60.7 Å². The lowest BCUT2D eigenvalue weighted by atomic mass is 9.94. The molecule has 0 bridgehead atoms. The lowest BCUT2D eigenvalue weighted by Crippen LogP contribution is -2.41. The number of likely N-dealkylation sites (N-methyl/N-ethyl adjacent to an activating group) is 1. The topological polar surface area (TPSA) is 37.3 Å². The number of nitrogens with one attached hydrogen (secondary N) is 1. The Kier molecular flexibility index (Phi) is 6.20. The Morgan fingerprint density at radius 3 is 2.21 bits per heavy atom. The standard InChI is InChI=1S/C29H35N3O/c1-18(2)32-25-16-12-11-15-24(25)27-21(5)28(19(3)17-26(27)32)30-29(33)31(7)22(6)20(4)23-13-9-8-10-14-23/h8-18,20,22H,1-7H3,(H,30,33)/t20-,22-/m0/s1. The molecule has 172 valence electrons. The Hall–Kier alpha value is -3.27. The second-order valence-corrected chi connectivity index (χ2v) is 9.55. The Morgan fingerprint density at radius 2 is 1.55 bits per heavy atom. The number of para-hydroxylation sites is 1. The SMILES string of the molecule is Cc1cc2c(c(C)c1NC(=O)N(C)[C@@H](C)[C@H](C)c1ccccc1)c1ccccc1n2C(C)C. The fraction of sp³-hybridized carbons (Fsp3) is 0.345. The van der Waals surface area contributed by atoms with Crippen molar-refractivity contribution < 1.29 is 4.79 Å². The van der Waals surface area contributed by atoms with Gasteiger partial charge in [-0.25, -0.2) is 4.79 Å². The average molecular weight is 442 g/mol. The summed E-state index contributed by atoms with van der Waals surface area (Å²) in [6, 6.07) is 21.5. The van der Waals surface area contributed by atoms with E-state index in [1.165, 1.54) is 27.4 Å². The van der Waals surface area contributed by atoms with Gasteiger partial charge >= 0.3 is 6.03 Å². The first-order valence-electron chi connectivity index (χ1n) is 11.8. The molecule has 4 heteroatoms. The molecular formula is C29H35N3O. The lowest BCUT2D eigenvalue weighted by Gasteiger charge is -2.31. The fourth-order valence-corrected chi connectivity index (χ4v) is 5.02. The molecule has 33 heavy (non-hydrogen) atoms. The van der Waals surface area contributed by atoms with Crippen molar-refractivity contribution in [1.29, 1.82) is 0 Å². The van der Waals surface area contributed by atoms with Crippen LogP contribution in [0, 0.1) is 13.8 Å². The number of fused-ring (bicyclic) bond motifs is 3. The van der Waals surface area contributed by atoms with Gasteiger partial charge in [-0.1, -0.05) is 55.5 Å². The highest BCUT2D eigenvalue weighted by atomic mass is 16.2. The van der Waals surface area contributed by atoms with Gasteiger partial charge in [0.25, 0.3) is 0 Å². The van der Waals surface area contributed by atoms with Gasteiger partial charge in [0.2, 0.25) is 0 Å². The quantitative estimate of drug-likeness (QED) is 0.339. The zero-order valence-corrected chi connectivity index (χ0v) is 20.8. The van der Waals surface area contributed by atoms with Crippen molar-refractivity contribution >= 4 is 33.5 Å². The maximum atomic E-state index is 13.3. The molecule has 0 fully saturated rings. The highest BCUT2D eigenvalue weighted by Crippen LogP contribution is 2.38. The third kappa shape index (κ3) is 3.99. The van der Waals surface area contributed by atoms with E-state index in [9.17, 15) is 4.79 Å². The summed E-state index contributed by atoms with van der Waals surface area (Å²) in [6.07, 6.45) is 0. The number of nitrogens with zero attached hydrogens (tertiary/aromatic N) is 2. The van der Waals surface area contributed by atoms with Gasteiger partial charge in [0.05, 0.1) is 5.52 Å². The zero-order chi connectivity index (χ0) is 23.9. The van der Waals surface area contributed by atoms with Gasteiger partial charge in [-0.15, -0.1) is 0 Å². The molecule has 0 saturated carbocycles. The number of aromatic nitrogens is 1. The first kappa shape index (κ1) is 22.9. The van der Waals surface area contributed by atoms with E-state index in [0.717, 1.165) is 16.8 Å². The van der Waals surface area contributed by atoms with Gasteiger partial charge in [-0.3, -0.25) is 0 Å². The second kappa shape index (κ2) is 8.93. The molecule has 0 aliphatic rings. The van der Waals surface area contributed by atoms with Crippen molar-refractivity contribution in [3.8, 4) is 0 Å². The average Bonchev–Trinajstić information content (AvgIpc) is 3.14. The zero-order valence-electron chi connectivity index (χ0n) is 20.8. The minimum Gasteiger partial charge on any atom is -0.338 e. The molecule has 3 aromatic carbocycles. The number of aryl methyl sites for hydroxylation is 2. The molecule has 0 unspecified atom stereocenters. The van der Waals surface area contributed by atoms with Crippen LogP contribution in [0.25, 0.3) is 21.8 Å².